The maximum Gasteiger partial charge on any atom is 0.228 e. The molecule has 0 bridgehead atoms. The first kappa shape index (κ1) is 13.8. The summed E-state index contributed by atoms with van der Waals surface area (Å²) < 4.78 is 5.63. The number of oxazole rings is 1. The molecular weight excluding hydrogens is 342 g/mol. The van der Waals surface area contributed by atoms with Crippen LogP contribution in [0.4, 0.5) is 5.69 Å². The van der Waals surface area contributed by atoms with Gasteiger partial charge in [-0.25, -0.2) is 4.98 Å². The van der Waals surface area contributed by atoms with Crippen LogP contribution >= 0.6 is 46.4 Å². The summed E-state index contributed by atoms with van der Waals surface area (Å²) in [4.78, 5) is 4.32. The minimum absolute atomic E-state index is 0.303. The van der Waals surface area contributed by atoms with Crippen LogP contribution in [0.2, 0.25) is 20.1 Å². The van der Waals surface area contributed by atoms with E-state index in [1.54, 1.807) is 18.2 Å². The minimum Gasteiger partial charge on any atom is -0.434 e. The number of nitrogens with two attached hydrogens (primary N) is 1. The van der Waals surface area contributed by atoms with Crippen molar-refractivity contribution in [2.45, 2.75) is 0 Å². The number of fused-ring (bicyclic) bond motifs is 1. The van der Waals surface area contributed by atoms with Gasteiger partial charge >= 0.3 is 0 Å². The second-order valence-electron chi connectivity index (χ2n) is 4.11. The lowest BCUT2D eigenvalue weighted by Gasteiger charge is -2.03. The van der Waals surface area contributed by atoms with Gasteiger partial charge in [-0.2, -0.15) is 0 Å². The van der Waals surface area contributed by atoms with Gasteiger partial charge < -0.3 is 10.2 Å². The summed E-state index contributed by atoms with van der Waals surface area (Å²) >= 11 is 24.0. The number of halogens is 4. The summed E-state index contributed by atoms with van der Waals surface area (Å²) in [5.41, 5.74) is 7.68. The Balaban J connectivity index is 2.25. The number of nitrogens with zero attached hydrogens (tertiary/aromatic N) is 1. The number of anilines is 1. The fourth-order valence-electron chi connectivity index (χ4n) is 1.80. The Kier molecular flexibility index (Phi) is 3.46. The number of hydrogen-bond acceptors (Lipinski definition) is 3. The molecule has 1 aromatic heterocycles. The summed E-state index contributed by atoms with van der Waals surface area (Å²) in [5.74, 6) is 0.303. The first-order valence-corrected chi connectivity index (χ1v) is 6.97. The monoisotopic (exact) mass is 346 g/mol. The standard InChI is InChI=1S/C13H6Cl4N2O/c14-5-1-9(17)12-11(2-5)19-13(20-12)6-3-10(18)8(16)4-7(6)15/h1-4H,18H2. The van der Waals surface area contributed by atoms with E-state index >= 15 is 0 Å². The molecule has 0 aliphatic rings. The van der Waals surface area contributed by atoms with Gasteiger partial charge in [-0.15, -0.1) is 0 Å². The van der Waals surface area contributed by atoms with Crippen LogP contribution in [-0.2, 0) is 0 Å². The van der Waals surface area contributed by atoms with E-state index in [-0.39, 0.29) is 0 Å². The van der Waals surface area contributed by atoms with Gasteiger partial charge in [0.15, 0.2) is 5.58 Å². The third-order valence-corrected chi connectivity index (χ3v) is 3.87. The van der Waals surface area contributed by atoms with Crippen molar-refractivity contribution in [3.63, 3.8) is 0 Å². The van der Waals surface area contributed by atoms with Crippen LogP contribution in [-0.4, -0.2) is 4.98 Å². The van der Waals surface area contributed by atoms with E-state index in [1.807, 2.05) is 0 Å². The Morgan fingerprint density at radius 1 is 0.900 bits per heavy atom. The molecule has 0 fully saturated rings. The molecule has 0 aliphatic heterocycles. The first-order valence-electron chi connectivity index (χ1n) is 5.46. The molecule has 0 radical (unpaired) electrons. The van der Waals surface area contributed by atoms with E-state index < -0.39 is 0 Å². The highest BCUT2D eigenvalue weighted by Crippen LogP contribution is 2.37. The molecule has 0 saturated heterocycles. The predicted octanol–water partition coefficient (Wildman–Crippen LogP) is 5.69. The van der Waals surface area contributed by atoms with Gasteiger partial charge in [0.2, 0.25) is 5.89 Å². The molecule has 1 heterocycles. The summed E-state index contributed by atoms with van der Waals surface area (Å²) in [7, 11) is 0. The lowest BCUT2D eigenvalue weighted by molar-refractivity contribution is 0.620. The quantitative estimate of drug-likeness (QED) is 0.575. The molecule has 3 nitrogen and oxygen atoms in total. The lowest BCUT2D eigenvalue weighted by Crippen LogP contribution is -1.88. The minimum atomic E-state index is 0.303. The Labute approximate surface area is 134 Å². The highest BCUT2D eigenvalue weighted by molar-refractivity contribution is 6.38. The zero-order valence-corrected chi connectivity index (χ0v) is 12.8. The van der Waals surface area contributed by atoms with Gasteiger partial charge in [-0.05, 0) is 24.3 Å². The molecule has 20 heavy (non-hydrogen) atoms. The average Bonchev–Trinajstić information content (AvgIpc) is 2.77. The fourth-order valence-corrected chi connectivity index (χ4v) is 2.79. The van der Waals surface area contributed by atoms with Crippen LogP contribution < -0.4 is 5.73 Å². The Morgan fingerprint density at radius 3 is 2.40 bits per heavy atom. The van der Waals surface area contributed by atoms with Gasteiger partial charge in [-0.1, -0.05) is 46.4 Å². The van der Waals surface area contributed by atoms with Crippen molar-refractivity contribution in [3.8, 4) is 11.5 Å². The summed E-state index contributed by atoms with van der Waals surface area (Å²) in [5, 5.41) is 1.61. The average molecular weight is 348 g/mol. The summed E-state index contributed by atoms with van der Waals surface area (Å²) in [6.45, 7) is 0. The molecule has 0 unspecified atom stereocenters. The van der Waals surface area contributed by atoms with E-state index in [0.717, 1.165) is 0 Å². The third-order valence-electron chi connectivity index (χ3n) is 2.73. The molecule has 2 aromatic carbocycles. The lowest BCUT2D eigenvalue weighted by atomic mass is 10.2. The van der Waals surface area contributed by atoms with Crippen molar-refractivity contribution in [2.24, 2.45) is 0 Å². The van der Waals surface area contributed by atoms with Crippen LogP contribution in [0.15, 0.2) is 28.7 Å². The third kappa shape index (κ3) is 2.31. The molecule has 0 spiro atoms. The molecule has 102 valence electrons. The molecular formula is C13H6Cl4N2O. The number of nitrogen functional groups attached to an aromatic ring is 1. The van der Waals surface area contributed by atoms with Crippen LogP contribution in [0.5, 0.6) is 0 Å². The number of hydrogen-bond donors (Lipinski definition) is 1. The maximum atomic E-state index is 6.14. The Morgan fingerprint density at radius 2 is 1.65 bits per heavy atom. The smallest absolute Gasteiger partial charge is 0.228 e. The van der Waals surface area contributed by atoms with Crippen molar-refractivity contribution < 1.29 is 4.42 Å². The largest absolute Gasteiger partial charge is 0.434 e. The van der Waals surface area contributed by atoms with Crippen molar-refractivity contribution >= 4 is 63.2 Å². The molecule has 3 rings (SSSR count). The Hall–Kier alpha value is -1.13. The van der Waals surface area contributed by atoms with E-state index in [4.69, 9.17) is 56.6 Å². The van der Waals surface area contributed by atoms with Crippen molar-refractivity contribution in [1.29, 1.82) is 0 Å². The van der Waals surface area contributed by atoms with Gasteiger partial charge in [0, 0.05) is 5.02 Å². The first-order chi connectivity index (χ1) is 9.45. The molecule has 2 N–H and O–H groups in total. The van der Waals surface area contributed by atoms with Crippen LogP contribution in [0.25, 0.3) is 22.6 Å². The van der Waals surface area contributed by atoms with Gasteiger partial charge in [0.05, 0.1) is 26.3 Å². The number of benzene rings is 2. The van der Waals surface area contributed by atoms with Crippen LogP contribution in [0.1, 0.15) is 0 Å². The highest BCUT2D eigenvalue weighted by atomic mass is 35.5. The van der Waals surface area contributed by atoms with Gasteiger partial charge in [0.25, 0.3) is 0 Å². The van der Waals surface area contributed by atoms with Crippen LogP contribution in [0, 0.1) is 0 Å². The van der Waals surface area contributed by atoms with Crippen LogP contribution in [0.3, 0.4) is 0 Å². The molecule has 0 saturated carbocycles. The van der Waals surface area contributed by atoms with Crippen molar-refractivity contribution in [3.05, 3.63) is 44.4 Å². The number of rotatable bonds is 1. The predicted molar refractivity (Wildman–Crippen MR) is 83.9 cm³/mol. The zero-order chi connectivity index (χ0) is 14.4. The second kappa shape index (κ2) is 5.01. The molecule has 0 atom stereocenters. The maximum absolute atomic E-state index is 6.14. The zero-order valence-electron chi connectivity index (χ0n) is 9.75. The molecule has 7 heteroatoms. The Bertz CT molecular complexity index is 829. The summed E-state index contributed by atoms with van der Waals surface area (Å²) in [6.07, 6.45) is 0. The molecule has 0 aliphatic carbocycles. The summed E-state index contributed by atoms with van der Waals surface area (Å²) in [6, 6.07) is 6.38. The topological polar surface area (TPSA) is 52.0 Å². The van der Waals surface area contributed by atoms with E-state index in [0.29, 0.717) is 48.3 Å². The van der Waals surface area contributed by atoms with E-state index in [9.17, 15) is 0 Å². The van der Waals surface area contributed by atoms with Gasteiger partial charge in [-0.3, -0.25) is 0 Å². The molecule has 0 amide bonds. The van der Waals surface area contributed by atoms with Crippen molar-refractivity contribution in [2.75, 3.05) is 5.73 Å². The van der Waals surface area contributed by atoms with E-state index in [2.05, 4.69) is 4.98 Å². The second-order valence-corrected chi connectivity index (χ2v) is 5.77. The molecule has 3 aromatic rings. The normalized spacial score (nSPS) is 11.2. The number of aromatic nitrogens is 1. The van der Waals surface area contributed by atoms with Crippen molar-refractivity contribution in [1.82, 2.24) is 4.98 Å². The SMILES string of the molecule is Nc1cc(-c2nc3cc(Cl)cc(Cl)c3o2)c(Cl)cc1Cl. The highest BCUT2D eigenvalue weighted by Gasteiger charge is 2.16. The van der Waals surface area contributed by atoms with Gasteiger partial charge in [0.1, 0.15) is 5.52 Å². The fraction of sp³-hybridized carbons (Fsp3) is 0. The van der Waals surface area contributed by atoms with E-state index in [1.165, 1.54) is 6.07 Å².